The summed E-state index contributed by atoms with van der Waals surface area (Å²) in [6.45, 7) is 0.763. The topological polar surface area (TPSA) is 40.5 Å². The van der Waals surface area contributed by atoms with Crippen LogP contribution < -0.4 is 0 Å². The number of carboxylic acids is 1. The van der Waals surface area contributed by atoms with Gasteiger partial charge in [-0.15, -0.1) is 0 Å². The molecule has 0 unspecified atom stereocenters. The summed E-state index contributed by atoms with van der Waals surface area (Å²) in [6, 6.07) is 0. The van der Waals surface area contributed by atoms with Crippen LogP contribution in [-0.2, 0) is 4.79 Å². The predicted octanol–water partition coefficient (Wildman–Crippen LogP) is 1.99. The number of hydrogen-bond donors (Lipinski definition) is 1. The SMILES string of the molecule is CN(C)CCCCC(F)(F)C=CC(=O)O. The molecule has 0 amide bonds. The van der Waals surface area contributed by atoms with Gasteiger partial charge in [0.25, 0.3) is 5.92 Å². The lowest BCUT2D eigenvalue weighted by Gasteiger charge is -2.12. The van der Waals surface area contributed by atoms with E-state index in [2.05, 4.69) is 0 Å². The summed E-state index contributed by atoms with van der Waals surface area (Å²) in [6.07, 6.45) is 1.71. The van der Waals surface area contributed by atoms with E-state index in [-0.39, 0.29) is 6.42 Å². The second-order valence-electron chi connectivity index (χ2n) is 3.69. The van der Waals surface area contributed by atoms with Gasteiger partial charge in [-0.1, -0.05) is 0 Å². The van der Waals surface area contributed by atoms with Crippen LogP contribution in [-0.4, -0.2) is 42.5 Å². The van der Waals surface area contributed by atoms with E-state index in [0.29, 0.717) is 25.0 Å². The maximum Gasteiger partial charge on any atom is 0.328 e. The maximum atomic E-state index is 12.9. The third-order valence-electron chi connectivity index (χ3n) is 1.84. The van der Waals surface area contributed by atoms with Crippen LogP contribution in [0.1, 0.15) is 19.3 Å². The molecule has 0 aliphatic rings. The molecule has 0 bridgehead atoms. The van der Waals surface area contributed by atoms with E-state index in [1.165, 1.54) is 0 Å². The summed E-state index contributed by atoms with van der Waals surface area (Å²) in [4.78, 5) is 12.0. The number of rotatable bonds is 7. The number of alkyl halides is 2. The zero-order valence-electron chi connectivity index (χ0n) is 9.04. The van der Waals surface area contributed by atoms with Crippen molar-refractivity contribution in [3.05, 3.63) is 12.2 Å². The molecular weight excluding hydrogens is 204 g/mol. The first-order valence-electron chi connectivity index (χ1n) is 4.78. The summed E-state index contributed by atoms with van der Waals surface area (Å²) >= 11 is 0. The molecule has 15 heavy (non-hydrogen) atoms. The molecule has 5 heteroatoms. The molecule has 88 valence electrons. The van der Waals surface area contributed by atoms with Gasteiger partial charge in [-0.05, 0) is 39.6 Å². The van der Waals surface area contributed by atoms with Crippen molar-refractivity contribution < 1.29 is 18.7 Å². The Bertz CT molecular complexity index is 227. The van der Waals surface area contributed by atoms with Crippen LogP contribution in [0.15, 0.2) is 12.2 Å². The molecule has 0 aromatic heterocycles. The fraction of sp³-hybridized carbons (Fsp3) is 0.700. The van der Waals surface area contributed by atoms with Gasteiger partial charge in [-0.25, -0.2) is 13.6 Å². The highest BCUT2D eigenvalue weighted by Crippen LogP contribution is 2.22. The van der Waals surface area contributed by atoms with Crippen molar-refractivity contribution in [3.8, 4) is 0 Å². The first kappa shape index (κ1) is 14.0. The normalized spacial score (nSPS) is 12.6. The number of halogens is 2. The number of unbranched alkanes of at least 4 members (excludes halogenated alkanes) is 1. The van der Waals surface area contributed by atoms with E-state index < -0.39 is 11.9 Å². The summed E-state index contributed by atoms with van der Waals surface area (Å²) in [5.41, 5.74) is 0. The fourth-order valence-corrected chi connectivity index (χ4v) is 1.07. The van der Waals surface area contributed by atoms with Crippen molar-refractivity contribution in [2.24, 2.45) is 0 Å². The first-order chi connectivity index (χ1) is 6.83. The molecule has 0 rings (SSSR count). The molecule has 1 N–H and O–H groups in total. The number of nitrogens with zero attached hydrogens (tertiary/aromatic N) is 1. The minimum Gasteiger partial charge on any atom is -0.478 e. The Balaban J connectivity index is 3.78. The maximum absolute atomic E-state index is 12.9. The average Bonchev–Trinajstić information content (AvgIpc) is 2.09. The number of carbonyl (C=O) groups is 1. The zero-order chi connectivity index (χ0) is 11.9. The minimum atomic E-state index is -3.01. The second kappa shape index (κ2) is 6.50. The largest absolute Gasteiger partial charge is 0.478 e. The number of allylic oxidation sites excluding steroid dienone is 1. The third-order valence-corrected chi connectivity index (χ3v) is 1.84. The molecule has 0 radical (unpaired) electrons. The van der Waals surface area contributed by atoms with E-state index in [0.717, 1.165) is 6.54 Å². The molecule has 3 nitrogen and oxygen atoms in total. The van der Waals surface area contributed by atoms with E-state index >= 15 is 0 Å². The molecule has 0 aromatic rings. The lowest BCUT2D eigenvalue weighted by molar-refractivity contribution is -0.131. The Hall–Kier alpha value is -0.970. The molecular formula is C10H17F2NO2. The molecule has 0 saturated carbocycles. The monoisotopic (exact) mass is 221 g/mol. The Morgan fingerprint density at radius 2 is 2.00 bits per heavy atom. The summed E-state index contributed by atoms with van der Waals surface area (Å²) < 4.78 is 25.9. The number of hydrogen-bond acceptors (Lipinski definition) is 2. The van der Waals surface area contributed by atoms with Crippen molar-refractivity contribution >= 4 is 5.97 Å². The van der Waals surface area contributed by atoms with Gasteiger partial charge in [0.05, 0.1) is 0 Å². The van der Waals surface area contributed by atoms with E-state index in [4.69, 9.17) is 5.11 Å². The second-order valence-corrected chi connectivity index (χ2v) is 3.69. The molecule has 0 fully saturated rings. The smallest absolute Gasteiger partial charge is 0.328 e. The molecule has 0 aliphatic heterocycles. The van der Waals surface area contributed by atoms with Gasteiger partial charge in [0.1, 0.15) is 0 Å². The highest BCUT2D eigenvalue weighted by atomic mass is 19.3. The van der Waals surface area contributed by atoms with E-state index in [1.807, 2.05) is 19.0 Å². The van der Waals surface area contributed by atoms with Crippen molar-refractivity contribution in [3.63, 3.8) is 0 Å². The highest BCUT2D eigenvalue weighted by Gasteiger charge is 2.24. The lowest BCUT2D eigenvalue weighted by Crippen LogP contribution is -2.16. The van der Waals surface area contributed by atoms with Crippen LogP contribution in [0.2, 0.25) is 0 Å². The molecule has 0 atom stereocenters. The number of carboxylic acid groups (broad SMARTS) is 1. The van der Waals surface area contributed by atoms with Crippen molar-refractivity contribution in [1.29, 1.82) is 0 Å². The quantitative estimate of drug-likeness (QED) is 0.528. The number of aliphatic carboxylic acids is 1. The molecule has 0 aromatic carbocycles. The van der Waals surface area contributed by atoms with Crippen LogP contribution in [0.4, 0.5) is 8.78 Å². The Kier molecular flexibility index (Phi) is 6.08. The van der Waals surface area contributed by atoms with Crippen LogP contribution >= 0.6 is 0 Å². The van der Waals surface area contributed by atoms with Crippen LogP contribution in [0.3, 0.4) is 0 Å². The van der Waals surface area contributed by atoms with Crippen LogP contribution in [0.5, 0.6) is 0 Å². The van der Waals surface area contributed by atoms with Gasteiger partial charge in [0.2, 0.25) is 0 Å². The zero-order valence-corrected chi connectivity index (χ0v) is 9.04. The van der Waals surface area contributed by atoms with Gasteiger partial charge < -0.3 is 10.0 Å². The van der Waals surface area contributed by atoms with Crippen molar-refractivity contribution in [1.82, 2.24) is 4.90 Å². The van der Waals surface area contributed by atoms with Crippen molar-refractivity contribution in [2.45, 2.75) is 25.2 Å². The molecule has 0 spiro atoms. The summed E-state index contributed by atoms with van der Waals surface area (Å²) in [7, 11) is 3.75. The fourth-order valence-electron chi connectivity index (χ4n) is 1.07. The molecule has 0 aliphatic carbocycles. The average molecular weight is 221 g/mol. The van der Waals surface area contributed by atoms with Gasteiger partial charge in [0, 0.05) is 12.5 Å². The van der Waals surface area contributed by atoms with Crippen molar-refractivity contribution in [2.75, 3.05) is 20.6 Å². The van der Waals surface area contributed by atoms with Gasteiger partial charge in [-0.2, -0.15) is 0 Å². The predicted molar refractivity (Wildman–Crippen MR) is 54.1 cm³/mol. The first-order valence-corrected chi connectivity index (χ1v) is 4.78. The van der Waals surface area contributed by atoms with Crippen LogP contribution in [0, 0.1) is 0 Å². The summed E-state index contributed by atoms with van der Waals surface area (Å²) in [5, 5.41) is 8.19. The Morgan fingerprint density at radius 1 is 1.40 bits per heavy atom. The van der Waals surface area contributed by atoms with E-state index in [9.17, 15) is 13.6 Å². The minimum absolute atomic E-state index is 0.301. The standard InChI is InChI=1S/C10H17F2NO2/c1-13(2)8-4-3-6-10(11,12)7-5-9(14)15/h5,7H,3-4,6,8H2,1-2H3,(H,14,15). The van der Waals surface area contributed by atoms with E-state index in [1.54, 1.807) is 0 Å². The molecule has 0 saturated heterocycles. The Morgan fingerprint density at radius 3 is 2.47 bits per heavy atom. The summed E-state index contributed by atoms with van der Waals surface area (Å²) in [5.74, 6) is -4.35. The third kappa shape index (κ3) is 9.34. The van der Waals surface area contributed by atoms with Crippen LogP contribution in [0.25, 0.3) is 0 Å². The Labute approximate surface area is 88.4 Å². The highest BCUT2D eigenvalue weighted by molar-refractivity contribution is 5.79. The van der Waals surface area contributed by atoms with Gasteiger partial charge in [0.15, 0.2) is 0 Å². The lowest BCUT2D eigenvalue weighted by atomic mass is 10.1. The van der Waals surface area contributed by atoms with Gasteiger partial charge >= 0.3 is 5.97 Å². The van der Waals surface area contributed by atoms with Gasteiger partial charge in [-0.3, -0.25) is 0 Å². The molecule has 0 heterocycles.